The molecule has 3 aliphatic heterocycles. The van der Waals surface area contributed by atoms with E-state index in [1.54, 1.807) is 133 Å². The maximum atomic E-state index is 15.4. The van der Waals surface area contributed by atoms with Crippen LogP contribution >= 0.6 is 21.7 Å². The molecule has 113 heavy (non-hydrogen) atoms. The van der Waals surface area contributed by atoms with Gasteiger partial charge in [0.05, 0.1) is 53.4 Å². The number of amides is 9. The van der Waals surface area contributed by atoms with Crippen LogP contribution in [0.15, 0.2) is 164 Å². The molecule has 9 aromatic rings. The first-order chi connectivity index (χ1) is 53.3. The number of urea groups is 3. The molecule has 12 rings (SSSR count). The number of aliphatic hydroxyl groups is 1. The zero-order chi connectivity index (χ0) is 82.5. The van der Waals surface area contributed by atoms with Crippen molar-refractivity contribution in [1.29, 1.82) is 0 Å². The summed E-state index contributed by atoms with van der Waals surface area (Å²) in [5, 5.41) is 25.3. The lowest BCUT2D eigenvalue weighted by Gasteiger charge is -2.24. The normalized spacial score (nSPS) is 17.4. The van der Waals surface area contributed by atoms with Crippen molar-refractivity contribution in [2.24, 2.45) is 0 Å². The Bertz CT molecular complexity index is 5380. The highest BCUT2D eigenvalue weighted by molar-refractivity contribution is 7.70. The van der Waals surface area contributed by atoms with Gasteiger partial charge in [-0.15, -0.1) is 0 Å². The van der Waals surface area contributed by atoms with Gasteiger partial charge in [-0.3, -0.25) is 18.9 Å². The molecule has 3 aliphatic rings. The van der Waals surface area contributed by atoms with Crippen LogP contribution in [0.1, 0.15) is 49.8 Å². The Balaban J connectivity index is 0.000000180. The Hall–Kier alpha value is -10.8. The Labute approximate surface area is 646 Å². The van der Waals surface area contributed by atoms with Crippen LogP contribution in [0, 0.1) is 73.1 Å². The number of carbonyl (C=O) groups excluding carboxylic acids is 6. The zero-order valence-electron chi connectivity index (χ0n) is 62.8. The number of hydrogen-bond acceptors (Lipinski definition) is 11. The summed E-state index contributed by atoms with van der Waals surface area (Å²) in [4.78, 5) is 79.5. The van der Waals surface area contributed by atoms with Crippen LogP contribution in [-0.2, 0) is 32.6 Å². The molecule has 20 nitrogen and oxygen atoms in total. The third-order valence-electron chi connectivity index (χ3n) is 19.0. The number of anilines is 6. The molecule has 3 fully saturated rings. The van der Waals surface area contributed by atoms with Gasteiger partial charge in [0, 0.05) is 51.9 Å². The number of aliphatic hydroxyl groups excluding tert-OH is 1. The minimum atomic E-state index is -3.30. The standard InChI is InChI=1S/2C27H27F3N3O4P.C27H27F3N3O3P/c1-15-8-10-20(19(28)12-15)31-27(36)32-21-13-16(14-34)33(26(21)35)22-11-9-18(24(29)25(22)30)17-6-4-5-7-23(17)38(2,3)37;1-4-37-38(3,36)23-8-6-5-7-17(23)18-10-12-22(25(30)24(18)29)33-14-13-21(26(33)34)32-27(35)31-20-11-9-16(2)15-19(20)28;1-15-9-11-20(19(28)13-15)31-27(35)32-21-14-16(2)33(26(21)34)22-12-10-18(24(29)25(22)30)17-7-5-6-8-23(17)37(3,4)36/h4-12,16,21,34H,13-14H2,1-3H3,(H2,31,32,36);5-12,15,21H,4,13-14H2,1-3H3,(H2,31,32,35);5-13,16,21H,14H2,1-4H3,(H2,31,32,35)/t16-,21+;21-,38?;16?,21-/m011/s1. The SMILES string of the molecule is CCOP(C)(=O)c1ccccc1-c1ccc(N2CC[C@@H](NC(=O)Nc3ccc(C)cc3F)C2=O)c(F)c1F.Cc1ccc(NC(=O)N[C@@H]2CC(C)N(c3ccc(-c4ccccc4P(C)(C)=O)c(F)c3F)C2=O)c(F)c1.Cc1ccc(NC(=O)N[C@@H]2C[C@@H](CO)N(c3ccc(-c4ccccc4P(C)(C)=O)c(F)c3F)C2=O)c(F)c1. The topological polar surface area (TPSA) is 265 Å². The summed E-state index contributed by atoms with van der Waals surface area (Å²) in [5.41, 5.74) is 1.38. The number of rotatable bonds is 18. The molecule has 0 radical (unpaired) electrons. The lowest BCUT2D eigenvalue weighted by molar-refractivity contribution is -0.119. The van der Waals surface area contributed by atoms with Crippen molar-refractivity contribution in [3.8, 4) is 33.4 Å². The van der Waals surface area contributed by atoms with Gasteiger partial charge in [-0.05, 0) is 193 Å². The molecule has 594 valence electrons. The second kappa shape index (κ2) is 35.1. The summed E-state index contributed by atoms with van der Waals surface area (Å²) >= 11 is 0. The van der Waals surface area contributed by atoms with E-state index in [0.29, 0.717) is 32.9 Å². The molecule has 9 aromatic carbocycles. The smallest absolute Gasteiger partial charge is 0.319 e. The third-order valence-corrected chi connectivity index (χ3v) is 24.1. The Kier molecular flexibility index (Phi) is 26.3. The molecular formula is C81H81F9N9O11P3. The number of nitrogens with zero attached hydrogens (tertiary/aromatic N) is 3. The highest BCUT2D eigenvalue weighted by atomic mass is 31.2. The first kappa shape index (κ1) is 84.6. The average Bonchev–Trinajstić information content (AvgIpc) is 0.865. The number of aryl methyl sites for hydroxylation is 3. The van der Waals surface area contributed by atoms with E-state index in [-0.39, 0.29) is 94.0 Å². The van der Waals surface area contributed by atoms with Crippen molar-refractivity contribution in [1.82, 2.24) is 16.0 Å². The van der Waals surface area contributed by atoms with Gasteiger partial charge in [-0.25, -0.2) is 53.9 Å². The van der Waals surface area contributed by atoms with Crippen molar-refractivity contribution < 1.29 is 91.6 Å². The number of hydrogen-bond donors (Lipinski definition) is 7. The number of nitrogens with one attached hydrogen (secondary N) is 6. The second-order valence-electron chi connectivity index (χ2n) is 28.1. The minimum Gasteiger partial charge on any atom is -0.394 e. The molecule has 7 N–H and O–H groups in total. The summed E-state index contributed by atoms with van der Waals surface area (Å²) < 4.78 is 178. The van der Waals surface area contributed by atoms with Gasteiger partial charge in [0.1, 0.15) is 49.9 Å². The van der Waals surface area contributed by atoms with E-state index in [0.717, 1.165) is 14.7 Å². The molecule has 0 aliphatic carbocycles. The van der Waals surface area contributed by atoms with E-state index in [9.17, 15) is 60.7 Å². The number of carbonyl (C=O) groups is 6. The van der Waals surface area contributed by atoms with Crippen molar-refractivity contribution in [2.45, 2.75) is 84.1 Å². The van der Waals surface area contributed by atoms with E-state index < -0.39 is 152 Å². The first-order valence-corrected chi connectivity index (χ1v) is 42.8. The summed E-state index contributed by atoms with van der Waals surface area (Å²) in [6.07, 6.45) is 0.199. The molecule has 3 heterocycles. The summed E-state index contributed by atoms with van der Waals surface area (Å²) in [7, 11) is -8.91. The maximum absolute atomic E-state index is 15.4. The van der Waals surface area contributed by atoms with Crippen LogP contribution in [-0.4, -0.2) is 124 Å². The molecule has 9 amide bonds. The maximum Gasteiger partial charge on any atom is 0.319 e. The molecule has 0 aromatic heterocycles. The summed E-state index contributed by atoms with van der Waals surface area (Å²) in [6.45, 7) is 15.7. The highest BCUT2D eigenvalue weighted by Crippen LogP contribution is 2.47. The van der Waals surface area contributed by atoms with Gasteiger partial charge < -0.3 is 65.4 Å². The van der Waals surface area contributed by atoms with Crippen molar-refractivity contribution >= 4 is 108 Å². The molecule has 6 atom stereocenters. The highest BCUT2D eigenvalue weighted by Gasteiger charge is 2.44. The monoisotopic (exact) mass is 1620 g/mol. The van der Waals surface area contributed by atoms with Gasteiger partial charge in [-0.1, -0.05) is 84.9 Å². The van der Waals surface area contributed by atoms with Gasteiger partial charge in [0.15, 0.2) is 34.9 Å². The Morgan fingerprint density at radius 1 is 0.442 bits per heavy atom. The first-order valence-electron chi connectivity index (χ1n) is 35.5. The fourth-order valence-electron chi connectivity index (χ4n) is 13.5. The predicted molar refractivity (Wildman–Crippen MR) is 421 cm³/mol. The van der Waals surface area contributed by atoms with E-state index in [4.69, 9.17) is 4.52 Å². The molecule has 3 saturated heterocycles. The Morgan fingerprint density at radius 2 is 0.796 bits per heavy atom. The molecule has 0 bridgehead atoms. The fourth-order valence-corrected chi connectivity index (χ4v) is 17.6. The van der Waals surface area contributed by atoms with E-state index in [2.05, 4.69) is 31.9 Å². The van der Waals surface area contributed by atoms with Crippen LogP contribution in [0.25, 0.3) is 33.4 Å². The van der Waals surface area contributed by atoms with E-state index >= 15 is 26.3 Å². The van der Waals surface area contributed by atoms with Crippen LogP contribution in [0.3, 0.4) is 0 Å². The molecule has 32 heteroatoms. The van der Waals surface area contributed by atoms with Crippen LogP contribution in [0.2, 0.25) is 0 Å². The summed E-state index contributed by atoms with van der Waals surface area (Å²) in [5.74, 6) is -11.3. The quantitative estimate of drug-likeness (QED) is 0.0314. The fraction of sp³-hybridized carbons (Fsp3) is 0.259. The van der Waals surface area contributed by atoms with Crippen molar-refractivity contribution in [3.05, 3.63) is 233 Å². The molecular weight excluding hydrogens is 1540 g/mol. The molecule has 0 spiro atoms. The zero-order valence-corrected chi connectivity index (χ0v) is 65.5. The second-order valence-corrected chi connectivity index (χ2v) is 36.9. The van der Waals surface area contributed by atoms with E-state index in [1.165, 1.54) is 98.9 Å². The van der Waals surface area contributed by atoms with Gasteiger partial charge >= 0.3 is 18.1 Å². The van der Waals surface area contributed by atoms with Gasteiger partial charge in [0.25, 0.3) is 0 Å². The molecule has 2 unspecified atom stereocenters. The van der Waals surface area contributed by atoms with Gasteiger partial charge in [-0.2, -0.15) is 0 Å². The number of halogens is 9. The third kappa shape index (κ3) is 18.9. The van der Waals surface area contributed by atoms with Crippen LogP contribution in [0.4, 0.5) is 88.0 Å². The predicted octanol–water partition coefficient (Wildman–Crippen LogP) is 15.8. The Morgan fingerprint density at radius 3 is 1.19 bits per heavy atom. The van der Waals surface area contributed by atoms with Crippen LogP contribution in [0.5, 0.6) is 0 Å². The van der Waals surface area contributed by atoms with Gasteiger partial charge in [0.2, 0.25) is 25.1 Å². The van der Waals surface area contributed by atoms with E-state index in [1.807, 2.05) is 0 Å². The minimum absolute atomic E-state index is 0.0312. The van der Waals surface area contributed by atoms with Crippen molar-refractivity contribution in [3.63, 3.8) is 0 Å². The van der Waals surface area contributed by atoms with Crippen molar-refractivity contribution in [2.75, 3.05) is 83.7 Å². The van der Waals surface area contributed by atoms with Crippen LogP contribution < -0.4 is 62.5 Å². The largest absolute Gasteiger partial charge is 0.394 e. The summed E-state index contributed by atoms with van der Waals surface area (Å²) in [6, 6.07) is 32.7. The number of benzene rings is 9. The molecule has 0 saturated carbocycles. The lowest BCUT2D eigenvalue weighted by atomic mass is 10.0. The lowest BCUT2D eigenvalue weighted by Crippen LogP contribution is -2.44. The average molecular weight is 1620 g/mol.